The molecular formula is C26H45FN2O2. The second kappa shape index (κ2) is 19.9. The smallest absolute Gasteiger partial charge is 0.129 e. The van der Waals surface area contributed by atoms with Crippen LogP contribution in [0.4, 0.5) is 4.39 Å². The first-order valence-corrected chi connectivity index (χ1v) is 11.5. The van der Waals surface area contributed by atoms with E-state index in [0.717, 1.165) is 24.3 Å². The molecule has 1 heterocycles. The molecule has 0 bridgehead atoms. The molecule has 5 heteroatoms. The van der Waals surface area contributed by atoms with Crippen molar-refractivity contribution in [2.45, 2.75) is 87.2 Å². The average molecular weight is 437 g/mol. The third kappa shape index (κ3) is 13.8. The summed E-state index contributed by atoms with van der Waals surface area (Å²) in [5.41, 5.74) is 2.22. The predicted octanol–water partition coefficient (Wildman–Crippen LogP) is 7.56. The van der Waals surface area contributed by atoms with Crippen molar-refractivity contribution in [3.63, 3.8) is 0 Å². The van der Waals surface area contributed by atoms with E-state index in [2.05, 4.69) is 53.2 Å². The number of carbonyl (C=O) groups excluding carboxylic acids is 1. The van der Waals surface area contributed by atoms with E-state index in [0.29, 0.717) is 24.4 Å². The number of benzene rings is 1. The minimum absolute atomic E-state index is 0.272. The Morgan fingerprint density at radius 1 is 1.26 bits per heavy atom. The van der Waals surface area contributed by atoms with Gasteiger partial charge in [-0.3, -0.25) is 5.01 Å². The van der Waals surface area contributed by atoms with Crippen LogP contribution in [-0.4, -0.2) is 30.2 Å². The van der Waals surface area contributed by atoms with Gasteiger partial charge in [-0.05, 0) is 32.3 Å². The van der Waals surface area contributed by atoms with Crippen molar-refractivity contribution in [3.05, 3.63) is 47.9 Å². The van der Waals surface area contributed by atoms with Gasteiger partial charge < -0.3 is 9.53 Å². The number of aldehydes is 1. The van der Waals surface area contributed by atoms with Crippen molar-refractivity contribution in [1.82, 2.24) is 5.01 Å². The van der Waals surface area contributed by atoms with Crippen LogP contribution in [0.1, 0.15) is 92.7 Å². The molecule has 178 valence electrons. The van der Waals surface area contributed by atoms with Crippen LogP contribution in [-0.2, 0) is 9.53 Å². The van der Waals surface area contributed by atoms with Gasteiger partial charge in [-0.15, -0.1) is 0 Å². The number of rotatable bonds is 5. The third-order valence-electron chi connectivity index (χ3n) is 4.61. The fourth-order valence-electron chi connectivity index (χ4n) is 2.27. The Hall–Kier alpha value is -2.01. The second-order valence-electron chi connectivity index (χ2n) is 7.44. The monoisotopic (exact) mass is 436 g/mol. The Kier molecular flexibility index (Phi) is 20.0. The van der Waals surface area contributed by atoms with E-state index in [1.165, 1.54) is 32.3 Å². The van der Waals surface area contributed by atoms with Gasteiger partial charge in [0, 0.05) is 11.3 Å². The maximum absolute atomic E-state index is 13.8. The van der Waals surface area contributed by atoms with E-state index >= 15 is 0 Å². The maximum Gasteiger partial charge on any atom is 0.129 e. The lowest BCUT2D eigenvalue weighted by Gasteiger charge is -2.33. The summed E-state index contributed by atoms with van der Waals surface area (Å²) in [5.74, 6) is 0.664. The van der Waals surface area contributed by atoms with Crippen LogP contribution in [0.2, 0.25) is 0 Å². The van der Waals surface area contributed by atoms with Gasteiger partial charge in [0.15, 0.2) is 0 Å². The fraction of sp³-hybridized carbons (Fsp3) is 0.615. The third-order valence-corrected chi connectivity index (χ3v) is 4.61. The molecule has 1 saturated heterocycles. The van der Waals surface area contributed by atoms with Gasteiger partial charge in [0.05, 0.1) is 18.8 Å². The van der Waals surface area contributed by atoms with Gasteiger partial charge in [0.2, 0.25) is 0 Å². The fourth-order valence-corrected chi connectivity index (χ4v) is 2.27. The first-order chi connectivity index (χ1) is 14.8. The molecule has 1 aromatic rings. The molecule has 2 rings (SSSR count). The highest BCUT2D eigenvalue weighted by Gasteiger charge is 2.27. The van der Waals surface area contributed by atoms with Crippen LogP contribution in [0.25, 0.3) is 0 Å². The highest BCUT2D eigenvalue weighted by Crippen LogP contribution is 2.32. The zero-order valence-corrected chi connectivity index (χ0v) is 21.1. The van der Waals surface area contributed by atoms with Crippen molar-refractivity contribution in [1.29, 1.82) is 0 Å². The molecule has 0 N–H and O–H groups in total. The Bertz CT molecular complexity index is 628. The molecule has 0 radical (unpaired) electrons. The predicted molar refractivity (Wildman–Crippen MR) is 132 cm³/mol. The molecule has 0 saturated carbocycles. The maximum atomic E-state index is 13.8. The summed E-state index contributed by atoms with van der Waals surface area (Å²) in [7, 11) is 0. The number of ether oxygens (including phenoxy) is 1. The molecule has 4 nitrogen and oxygen atoms in total. The van der Waals surface area contributed by atoms with Crippen molar-refractivity contribution >= 4 is 12.0 Å². The van der Waals surface area contributed by atoms with E-state index in [9.17, 15) is 4.39 Å². The molecule has 1 unspecified atom stereocenters. The van der Waals surface area contributed by atoms with Crippen LogP contribution in [0.5, 0.6) is 0 Å². The van der Waals surface area contributed by atoms with Gasteiger partial charge in [-0.2, -0.15) is 5.10 Å². The molecule has 1 aromatic carbocycles. The molecule has 1 aliphatic rings. The highest BCUT2D eigenvalue weighted by atomic mass is 19.1. The number of halogens is 1. The molecule has 1 atom stereocenters. The molecule has 0 aliphatic carbocycles. The number of nitrogens with zero attached hydrogens (tertiary/aromatic N) is 2. The topological polar surface area (TPSA) is 41.9 Å². The van der Waals surface area contributed by atoms with Crippen molar-refractivity contribution in [2.24, 2.45) is 11.0 Å². The number of carbonyl (C=O) groups is 1. The van der Waals surface area contributed by atoms with E-state index in [4.69, 9.17) is 9.53 Å². The Morgan fingerprint density at radius 2 is 1.77 bits per heavy atom. The van der Waals surface area contributed by atoms with Crippen LogP contribution in [0.3, 0.4) is 0 Å². The molecule has 1 fully saturated rings. The lowest BCUT2D eigenvalue weighted by molar-refractivity contribution is -0.106. The van der Waals surface area contributed by atoms with Crippen LogP contribution in [0, 0.1) is 11.7 Å². The van der Waals surface area contributed by atoms with Crippen molar-refractivity contribution in [3.8, 4) is 0 Å². The summed E-state index contributed by atoms with van der Waals surface area (Å²) in [4.78, 5) is 8.81. The van der Waals surface area contributed by atoms with E-state index in [1.807, 2.05) is 11.9 Å². The van der Waals surface area contributed by atoms with Gasteiger partial charge in [-0.1, -0.05) is 85.6 Å². The van der Waals surface area contributed by atoms with Crippen LogP contribution >= 0.6 is 0 Å². The van der Waals surface area contributed by atoms with Gasteiger partial charge in [0.1, 0.15) is 18.2 Å². The van der Waals surface area contributed by atoms with E-state index in [1.54, 1.807) is 18.2 Å². The Balaban J connectivity index is 0. The van der Waals surface area contributed by atoms with Gasteiger partial charge in [-0.25, -0.2) is 4.39 Å². The lowest BCUT2D eigenvalue weighted by atomic mass is 10.1. The second-order valence-corrected chi connectivity index (χ2v) is 7.44. The van der Waals surface area contributed by atoms with Crippen LogP contribution < -0.4 is 0 Å². The number of morpholine rings is 1. The standard InChI is InChI=1S/C15H19FN2O.C6H14.C3H8.C2H4O/c1-4-11(2)17-18-9-10-19-15(12(18)3)13-7-5-6-8-14(13)16;1-4-6(3)5-2;1-3-2;1-2-3/h5-8,15H,3-4,9-10H2,1-2H3;6H,4-5H2,1-3H3;3H2,1-2H3;2H,1H3/b17-11-;;;. The molecule has 31 heavy (non-hydrogen) atoms. The normalized spacial score (nSPS) is 15.7. The minimum Gasteiger partial charge on any atom is -0.365 e. The Morgan fingerprint density at radius 3 is 2.19 bits per heavy atom. The summed E-state index contributed by atoms with van der Waals surface area (Å²) in [5, 5.41) is 6.31. The molecule has 0 amide bonds. The average Bonchev–Trinajstić information content (AvgIpc) is 2.76. The van der Waals surface area contributed by atoms with Crippen LogP contribution in [0.15, 0.2) is 41.6 Å². The minimum atomic E-state index is -0.455. The first-order valence-electron chi connectivity index (χ1n) is 11.5. The summed E-state index contributed by atoms with van der Waals surface area (Å²) in [6.07, 6.45) is 5.09. The van der Waals surface area contributed by atoms with E-state index < -0.39 is 6.10 Å². The number of hydrogen-bond donors (Lipinski definition) is 0. The molecular weight excluding hydrogens is 391 g/mol. The zero-order valence-electron chi connectivity index (χ0n) is 21.1. The Labute approximate surface area is 190 Å². The lowest BCUT2D eigenvalue weighted by Crippen LogP contribution is -2.33. The molecule has 1 aliphatic heterocycles. The van der Waals surface area contributed by atoms with E-state index in [-0.39, 0.29) is 5.82 Å². The van der Waals surface area contributed by atoms with Gasteiger partial charge >= 0.3 is 0 Å². The number of hydrogen-bond acceptors (Lipinski definition) is 4. The molecule has 0 aromatic heterocycles. The quantitative estimate of drug-likeness (QED) is 0.353. The summed E-state index contributed by atoms with van der Waals surface area (Å²) in [6.45, 7) is 21.6. The SMILES string of the molecule is C=C1C(c2ccccc2F)OCCN1/N=C(/C)CC.CC=O.CCC.CCC(C)CC. The molecule has 0 spiro atoms. The summed E-state index contributed by atoms with van der Waals surface area (Å²) < 4.78 is 19.5. The zero-order chi connectivity index (χ0) is 24.2. The van der Waals surface area contributed by atoms with Crippen molar-refractivity contribution < 1.29 is 13.9 Å². The van der Waals surface area contributed by atoms with Crippen molar-refractivity contribution in [2.75, 3.05) is 13.2 Å². The largest absolute Gasteiger partial charge is 0.365 e. The van der Waals surface area contributed by atoms with Gasteiger partial charge in [0.25, 0.3) is 0 Å². The summed E-state index contributed by atoms with van der Waals surface area (Å²) in [6, 6.07) is 6.63. The summed E-state index contributed by atoms with van der Waals surface area (Å²) >= 11 is 0. The first kappa shape index (κ1) is 31.2. The number of hydrazone groups is 1. The highest BCUT2D eigenvalue weighted by molar-refractivity contribution is 5.81.